The zero-order chi connectivity index (χ0) is 13.8. The molecule has 0 saturated heterocycles. The smallest absolute Gasteiger partial charge is 0.223 e. The quantitative estimate of drug-likeness (QED) is 0.867. The van der Waals surface area contributed by atoms with Gasteiger partial charge in [-0.25, -0.2) is 0 Å². The molecule has 19 heavy (non-hydrogen) atoms. The van der Waals surface area contributed by atoms with Gasteiger partial charge in [0.2, 0.25) is 5.91 Å². The van der Waals surface area contributed by atoms with Gasteiger partial charge in [-0.2, -0.15) is 5.10 Å². The Morgan fingerprint density at radius 1 is 1.53 bits per heavy atom. The van der Waals surface area contributed by atoms with Crippen LogP contribution in [-0.4, -0.2) is 26.9 Å². The number of aromatic nitrogens is 2. The average Bonchev–Trinajstić information content (AvgIpc) is 2.83. The lowest BCUT2D eigenvalue weighted by Gasteiger charge is -2.26. The number of aryl methyl sites for hydroxylation is 1. The summed E-state index contributed by atoms with van der Waals surface area (Å²) in [6.45, 7) is 2.06. The normalized spacial score (nSPS) is 25.0. The Bertz CT molecular complexity index is 422. The molecule has 5 heteroatoms. The molecule has 1 fully saturated rings. The van der Waals surface area contributed by atoms with E-state index in [-0.39, 0.29) is 24.0 Å². The maximum Gasteiger partial charge on any atom is 0.223 e. The van der Waals surface area contributed by atoms with Gasteiger partial charge in [0.15, 0.2) is 0 Å². The van der Waals surface area contributed by atoms with E-state index in [1.807, 2.05) is 13.1 Å². The molecule has 1 heterocycles. The second-order valence-corrected chi connectivity index (χ2v) is 5.35. The number of hydrogen-bond acceptors (Lipinski definition) is 3. The van der Waals surface area contributed by atoms with Crippen molar-refractivity contribution in [2.24, 2.45) is 13.0 Å². The van der Waals surface area contributed by atoms with Crippen LogP contribution in [-0.2, 0) is 11.8 Å². The molecule has 2 N–H and O–H groups in total. The van der Waals surface area contributed by atoms with Gasteiger partial charge in [-0.05, 0) is 38.2 Å². The summed E-state index contributed by atoms with van der Waals surface area (Å²) in [6, 6.07) is 1.96. The third-order valence-corrected chi connectivity index (χ3v) is 4.01. The highest BCUT2D eigenvalue weighted by molar-refractivity contribution is 5.79. The average molecular weight is 265 g/mol. The van der Waals surface area contributed by atoms with Gasteiger partial charge in [0.25, 0.3) is 0 Å². The van der Waals surface area contributed by atoms with E-state index in [0.29, 0.717) is 0 Å². The van der Waals surface area contributed by atoms with Gasteiger partial charge >= 0.3 is 0 Å². The summed E-state index contributed by atoms with van der Waals surface area (Å²) in [6.07, 6.45) is 5.43. The maximum absolute atomic E-state index is 12.3. The molecule has 0 bridgehead atoms. The number of nitrogens with one attached hydrogen (secondary N) is 1. The van der Waals surface area contributed by atoms with E-state index in [2.05, 4.69) is 17.3 Å². The molecule has 1 atom stereocenters. The van der Waals surface area contributed by atoms with Crippen molar-refractivity contribution >= 4 is 5.91 Å². The van der Waals surface area contributed by atoms with Gasteiger partial charge in [0.05, 0.1) is 17.8 Å². The first-order valence-corrected chi connectivity index (χ1v) is 7.08. The number of carbonyl (C=O) groups excluding carboxylic acids is 1. The molecule has 2 rings (SSSR count). The molecular formula is C14H23N3O2. The summed E-state index contributed by atoms with van der Waals surface area (Å²) in [7, 11) is 1.89. The molecule has 1 aromatic rings. The zero-order valence-electron chi connectivity index (χ0n) is 11.7. The molecule has 0 radical (unpaired) electrons. The first-order valence-electron chi connectivity index (χ1n) is 7.08. The molecule has 1 aliphatic carbocycles. The summed E-state index contributed by atoms with van der Waals surface area (Å²) in [5, 5.41) is 16.7. The Morgan fingerprint density at radius 2 is 2.21 bits per heavy atom. The highest BCUT2D eigenvalue weighted by atomic mass is 16.3. The van der Waals surface area contributed by atoms with E-state index in [0.717, 1.165) is 37.8 Å². The number of carbonyl (C=O) groups is 1. The predicted octanol–water partition coefficient (Wildman–Crippen LogP) is 1.54. The van der Waals surface area contributed by atoms with E-state index in [1.165, 1.54) is 0 Å². The second kappa shape index (κ2) is 6.19. The van der Waals surface area contributed by atoms with Crippen molar-refractivity contribution in [2.45, 2.75) is 51.2 Å². The number of aliphatic hydroxyl groups excluding tert-OH is 1. The Hall–Kier alpha value is -1.36. The minimum absolute atomic E-state index is 0.0202. The van der Waals surface area contributed by atoms with Crippen LogP contribution in [0.1, 0.15) is 50.8 Å². The third kappa shape index (κ3) is 3.35. The van der Waals surface area contributed by atoms with Gasteiger partial charge in [-0.15, -0.1) is 0 Å². The highest BCUT2D eigenvalue weighted by Gasteiger charge is 2.27. The molecule has 1 aromatic heterocycles. The fraction of sp³-hybridized carbons (Fsp3) is 0.714. The van der Waals surface area contributed by atoms with Gasteiger partial charge < -0.3 is 10.4 Å². The monoisotopic (exact) mass is 265 g/mol. The van der Waals surface area contributed by atoms with Crippen molar-refractivity contribution in [3.05, 3.63) is 18.0 Å². The number of nitrogens with zero attached hydrogens (tertiary/aromatic N) is 2. The van der Waals surface area contributed by atoms with Crippen LogP contribution in [0.15, 0.2) is 12.3 Å². The Morgan fingerprint density at radius 3 is 2.74 bits per heavy atom. The molecule has 0 unspecified atom stereocenters. The third-order valence-electron chi connectivity index (χ3n) is 4.01. The van der Waals surface area contributed by atoms with Crippen molar-refractivity contribution in [2.75, 3.05) is 0 Å². The lowest BCUT2D eigenvalue weighted by Crippen LogP contribution is -2.37. The standard InChI is InChI=1S/C14H23N3O2/c1-3-12(13-8-9-15-17(13)2)16-14(19)10-4-6-11(18)7-5-10/h8-12,18H,3-7H2,1-2H3,(H,16,19)/t10?,11?,12-/m0/s1. The number of hydrogen-bond donors (Lipinski definition) is 2. The van der Waals surface area contributed by atoms with Gasteiger partial charge in [0, 0.05) is 19.2 Å². The van der Waals surface area contributed by atoms with Crippen LogP contribution in [0, 0.1) is 5.92 Å². The molecule has 1 saturated carbocycles. The molecule has 0 spiro atoms. The molecule has 0 aromatic carbocycles. The first-order chi connectivity index (χ1) is 9.11. The minimum Gasteiger partial charge on any atom is -0.393 e. The van der Waals surface area contributed by atoms with Crippen molar-refractivity contribution in [3.8, 4) is 0 Å². The predicted molar refractivity (Wildman–Crippen MR) is 72.3 cm³/mol. The van der Waals surface area contributed by atoms with Gasteiger partial charge in [-0.1, -0.05) is 6.92 Å². The topological polar surface area (TPSA) is 67.2 Å². The minimum atomic E-state index is -0.219. The summed E-state index contributed by atoms with van der Waals surface area (Å²) in [4.78, 5) is 12.3. The van der Waals surface area contributed by atoms with E-state index in [1.54, 1.807) is 10.9 Å². The number of aliphatic hydroxyl groups is 1. The maximum atomic E-state index is 12.3. The van der Waals surface area contributed by atoms with Crippen LogP contribution in [0.5, 0.6) is 0 Å². The van der Waals surface area contributed by atoms with Crippen LogP contribution in [0.3, 0.4) is 0 Å². The largest absolute Gasteiger partial charge is 0.393 e. The lowest BCUT2D eigenvalue weighted by atomic mass is 9.86. The van der Waals surface area contributed by atoms with Crippen molar-refractivity contribution in [3.63, 3.8) is 0 Å². The SMILES string of the molecule is CC[C@H](NC(=O)C1CCC(O)CC1)c1ccnn1C. The summed E-state index contributed by atoms with van der Waals surface area (Å²) in [5.74, 6) is 0.158. The van der Waals surface area contributed by atoms with E-state index in [9.17, 15) is 9.90 Å². The second-order valence-electron chi connectivity index (χ2n) is 5.35. The molecule has 1 aliphatic rings. The number of rotatable bonds is 4. The lowest BCUT2D eigenvalue weighted by molar-refractivity contribution is -0.127. The van der Waals surface area contributed by atoms with Crippen LogP contribution >= 0.6 is 0 Å². The van der Waals surface area contributed by atoms with Crippen LogP contribution < -0.4 is 5.32 Å². The summed E-state index contributed by atoms with van der Waals surface area (Å²) >= 11 is 0. The molecule has 0 aliphatic heterocycles. The van der Waals surface area contributed by atoms with Crippen molar-refractivity contribution < 1.29 is 9.90 Å². The van der Waals surface area contributed by atoms with Crippen LogP contribution in [0.25, 0.3) is 0 Å². The van der Waals surface area contributed by atoms with E-state index in [4.69, 9.17) is 0 Å². The fourth-order valence-electron chi connectivity index (χ4n) is 2.74. The van der Waals surface area contributed by atoms with Crippen LogP contribution in [0.2, 0.25) is 0 Å². The Kier molecular flexibility index (Phi) is 4.58. The zero-order valence-corrected chi connectivity index (χ0v) is 11.7. The van der Waals surface area contributed by atoms with E-state index >= 15 is 0 Å². The fourth-order valence-corrected chi connectivity index (χ4v) is 2.74. The molecule has 1 amide bonds. The highest BCUT2D eigenvalue weighted by Crippen LogP contribution is 2.25. The van der Waals surface area contributed by atoms with Gasteiger partial charge in [-0.3, -0.25) is 9.48 Å². The molecule has 5 nitrogen and oxygen atoms in total. The van der Waals surface area contributed by atoms with Gasteiger partial charge in [0.1, 0.15) is 0 Å². The van der Waals surface area contributed by atoms with Crippen molar-refractivity contribution in [1.29, 1.82) is 0 Å². The summed E-state index contributed by atoms with van der Waals surface area (Å²) < 4.78 is 1.80. The Labute approximate surface area is 114 Å². The molecular weight excluding hydrogens is 242 g/mol. The number of amides is 1. The molecule has 106 valence electrons. The summed E-state index contributed by atoms with van der Waals surface area (Å²) in [5.41, 5.74) is 1.03. The first kappa shape index (κ1) is 14.1. The van der Waals surface area contributed by atoms with E-state index < -0.39 is 0 Å². The van der Waals surface area contributed by atoms with Crippen molar-refractivity contribution in [1.82, 2.24) is 15.1 Å². The Balaban J connectivity index is 1.95. The van der Waals surface area contributed by atoms with Crippen LogP contribution in [0.4, 0.5) is 0 Å².